The van der Waals surface area contributed by atoms with Crippen molar-refractivity contribution in [2.45, 2.75) is 25.2 Å². The Morgan fingerprint density at radius 1 is 1.23 bits per heavy atom. The van der Waals surface area contributed by atoms with Crippen LogP contribution in [0.25, 0.3) is 0 Å². The minimum absolute atomic E-state index is 0.00519. The van der Waals surface area contributed by atoms with Crippen LogP contribution in [0.5, 0.6) is 0 Å². The van der Waals surface area contributed by atoms with Crippen LogP contribution in [0.4, 0.5) is 13.2 Å². The molecule has 0 radical (unpaired) electrons. The average Bonchev–Trinajstić information content (AvgIpc) is 2.40. The molecule has 0 aliphatic heterocycles. The van der Waals surface area contributed by atoms with Gasteiger partial charge in [-0.25, -0.2) is 26.3 Å². The second kappa shape index (κ2) is 7.10. The lowest BCUT2D eigenvalue weighted by Crippen LogP contribution is -2.34. The SMILES string of the molecule is CC(C)CC(CNS(=O)(=O)c1ccc(F)c(F)c1F)C(=O)O. The van der Waals surface area contributed by atoms with Crippen LogP contribution in [0.1, 0.15) is 20.3 Å². The van der Waals surface area contributed by atoms with Gasteiger partial charge in [0.25, 0.3) is 0 Å². The van der Waals surface area contributed by atoms with Crippen LogP contribution < -0.4 is 4.72 Å². The Kier molecular flexibility index (Phi) is 5.95. The van der Waals surface area contributed by atoms with E-state index in [0.29, 0.717) is 12.1 Å². The average molecular weight is 339 g/mol. The molecule has 2 N–H and O–H groups in total. The van der Waals surface area contributed by atoms with E-state index in [1.54, 1.807) is 13.8 Å². The second-order valence-electron chi connectivity index (χ2n) is 5.19. The Hall–Kier alpha value is -1.61. The van der Waals surface area contributed by atoms with Crippen LogP contribution in [0.3, 0.4) is 0 Å². The summed E-state index contributed by atoms with van der Waals surface area (Å²) in [5.74, 6) is -7.47. The van der Waals surface area contributed by atoms with Crippen molar-refractivity contribution in [1.29, 1.82) is 0 Å². The summed E-state index contributed by atoms with van der Waals surface area (Å²) in [7, 11) is -4.49. The summed E-state index contributed by atoms with van der Waals surface area (Å²) in [5, 5.41) is 9.01. The van der Waals surface area contributed by atoms with Crippen molar-refractivity contribution in [2.24, 2.45) is 11.8 Å². The fourth-order valence-corrected chi connectivity index (χ4v) is 2.99. The summed E-state index contributed by atoms with van der Waals surface area (Å²) in [6, 6.07) is 1.06. The number of carbonyl (C=O) groups is 1. The number of benzene rings is 1. The van der Waals surface area contributed by atoms with Crippen LogP contribution in [0, 0.1) is 29.3 Å². The lowest BCUT2D eigenvalue weighted by Gasteiger charge is -2.15. The lowest BCUT2D eigenvalue weighted by molar-refractivity contribution is -0.142. The molecule has 1 rings (SSSR count). The molecule has 1 aromatic rings. The van der Waals surface area contributed by atoms with E-state index in [2.05, 4.69) is 0 Å². The van der Waals surface area contributed by atoms with E-state index in [4.69, 9.17) is 5.11 Å². The molecule has 0 bridgehead atoms. The molecule has 1 atom stereocenters. The number of sulfonamides is 1. The smallest absolute Gasteiger partial charge is 0.307 e. The van der Waals surface area contributed by atoms with Crippen molar-refractivity contribution in [3.8, 4) is 0 Å². The van der Waals surface area contributed by atoms with Gasteiger partial charge < -0.3 is 5.11 Å². The Bertz CT molecular complexity index is 661. The number of nitrogens with one attached hydrogen (secondary N) is 1. The molecule has 1 aromatic carbocycles. The Labute approximate surface area is 126 Å². The van der Waals surface area contributed by atoms with Gasteiger partial charge in [-0.05, 0) is 24.5 Å². The zero-order valence-corrected chi connectivity index (χ0v) is 12.8. The van der Waals surface area contributed by atoms with Gasteiger partial charge in [0.05, 0.1) is 5.92 Å². The third-order valence-electron chi connectivity index (χ3n) is 2.91. The first kappa shape index (κ1) is 18.4. The highest BCUT2D eigenvalue weighted by Gasteiger charge is 2.26. The molecule has 0 amide bonds. The molecule has 0 saturated heterocycles. The molecule has 9 heteroatoms. The van der Waals surface area contributed by atoms with Gasteiger partial charge in [0.15, 0.2) is 17.5 Å². The second-order valence-corrected chi connectivity index (χ2v) is 6.93. The minimum atomic E-state index is -4.49. The third kappa shape index (κ3) is 4.44. The van der Waals surface area contributed by atoms with Crippen LogP contribution in [0.2, 0.25) is 0 Å². The monoisotopic (exact) mass is 339 g/mol. The van der Waals surface area contributed by atoms with E-state index in [9.17, 15) is 26.4 Å². The summed E-state index contributed by atoms with van der Waals surface area (Å²) in [5.41, 5.74) is 0. The van der Waals surface area contributed by atoms with E-state index < -0.39 is 50.8 Å². The molecule has 0 fully saturated rings. The summed E-state index contributed by atoms with van der Waals surface area (Å²) in [6.07, 6.45) is 0.206. The Balaban J connectivity index is 2.97. The zero-order valence-electron chi connectivity index (χ0n) is 11.9. The van der Waals surface area contributed by atoms with Gasteiger partial charge in [0, 0.05) is 6.54 Å². The normalized spacial score (nSPS) is 13.4. The van der Waals surface area contributed by atoms with Gasteiger partial charge in [-0.2, -0.15) is 0 Å². The Morgan fingerprint density at radius 3 is 2.32 bits per heavy atom. The molecule has 22 heavy (non-hydrogen) atoms. The van der Waals surface area contributed by atoms with Crippen LogP contribution >= 0.6 is 0 Å². The van der Waals surface area contributed by atoms with Crippen LogP contribution in [0.15, 0.2) is 17.0 Å². The first-order chi connectivity index (χ1) is 10.1. The summed E-state index contributed by atoms with van der Waals surface area (Å²) in [4.78, 5) is 9.97. The van der Waals surface area contributed by atoms with E-state index in [1.807, 2.05) is 4.72 Å². The first-order valence-electron chi connectivity index (χ1n) is 6.42. The number of carboxylic acids is 1. The van der Waals surface area contributed by atoms with Crippen molar-refractivity contribution < 1.29 is 31.5 Å². The molecule has 0 heterocycles. The zero-order chi connectivity index (χ0) is 17.1. The number of halogens is 3. The van der Waals surface area contributed by atoms with E-state index in [1.165, 1.54) is 0 Å². The highest BCUT2D eigenvalue weighted by Crippen LogP contribution is 2.20. The van der Waals surface area contributed by atoms with Gasteiger partial charge in [-0.3, -0.25) is 4.79 Å². The first-order valence-corrected chi connectivity index (χ1v) is 7.90. The fourth-order valence-electron chi connectivity index (χ4n) is 1.84. The molecule has 5 nitrogen and oxygen atoms in total. The summed E-state index contributed by atoms with van der Waals surface area (Å²) in [6.45, 7) is 3.05. The van der Waals surface area contributed by atoms with Crippen molar-refractivity contribution in [1.82, 2.24) is 4.72 Å². The van der Waals surface area contributed by atoms with Gasteiger partial charge >= 0.3 is 5.97 Å². The van der Waals surface area contributed by atoms with E-state index >= 15 is 0 Å². The fraction of sp³-hybridized carbons (Fsp3) is 0.462. The third-order valence-corrected chi connectivity index (χ3v) is 4.36. The highest BCUT2D eigenvalue weighted by atomic mass is 32.2. The largest absolute Gasteiger partial charge is 0.481 e. The van der Waals surface area contributed by atoms with Crippen molar-refractivity contribution in [3.05, 3.63) is 29.6 Å². The maximum Gasteiger partial charge on any atom is 0.307 e. The summed E-state index contributed by atoms with van der Waals surface area (Å²) >= 11 is 0. The molecule has 0 aromatic heterocycles. The predicted molar refractivity (Wildman–Crippen MR) is 72.1 cm³/mol. The molecular weight excluding hydrogens is 323 g/mol. The van der Waals surface area contributed by atoms with E-state index in [-0.39, 0.29) is 12.3 Å². The van der Waals surface area contributed by atoms with Gasteiger partial charge in [0.1, 0.15) is 4.90 Å². The number of hydrogen-bond acceptors (Lipinski definition) is 3. The van der Waals surface area contributed by atoms with Gasteiger partial charge in [-0.1, -0.05) is 13.8 Å². The van der Waals surface area contributed by atoms with Crippen molar-refractivity contribution in [2.75, 3.05) is 6.54 Å². The number of rotatable bonds is 7. The van der Waals surface area contributed by atoms with Gasteiger partial charge in [0.2, 0.25) is 10.0 Å². The molecule has 0 saturated carbocycles. The maximum atomic E-state index is 13.5. The number of aliphatic carboxylic acids is 1. The molecular formula is C13H16F3NO4S. The standard InChI is InChI=1S/C13H16F3NO4S/c1-7(2)5-8(13(18)19)6-17-22(20,21)10-4-3-9(14)11(15)12(10)16/h3-4,7-8,17H,5-6H2,1-2H3,(H,18,19). The van der Waals surface area contributed by atoms with Gasteiger partial charge in [-0.15, -0.1) is 0 Å². The van der Waals surface area contributed by atoms with Crippen molar-refractivity contribution in [3.63, 3.8) is 0 Å². The molecule has 1 unspecified atom stereocenters. The minimum Gasteiger partial charge on any atom is -0.481 e. The van der Waals surface area contributed by atoms with Crippen LogP contribution in [-0.2, 0) is 14.8 Å². The molecule has 0 spiro atoms. The Morgan fingerprint density at radius 2 is 1.82 bits per heavy atom. The maximum absolute atomic E-state index is 13.5. The molecule has 0 aliphatic carbocycles. The van der Waals surface area contributed by atoms with Crippen molar-refractivity contribution >= 4 is 16.0 Å². The quantitative estimate of drug-likeness (QED) is 0.746. The number of hydrogen-bond donors (Lipinski definition) is 2. The molecule has 124 valence electrons. The van der Waals surface area contributed by atoms with E-state index in [0.717, 1.165) is 0 Å². The predicted octanol–water partition coefficient (Wildman–Crippen LogP) is 2.13. The topological polar surface area (TPSA) is 83.5 Å². The lowest BCUT2D eigenvalue weighted by atomic mass is 9.98. The number of carboxylic acid groups (broad SMARTS) is 1. The summed E-state index contributed by atoms with van der Waals surface area (Å²) < 4.78 is 65.1. The van der Waals surface area contributed by atoms with Crippen LogP contribution in [-0.4, -0.2) is 26.0 Å². The molecule has 0 aliphatic rings. The highest BCUT2D eigenvalue weighted by molar-refractivity contribution is 7.89.